The lowest BCUT2D eigenvalue weighted by atomic mass is 10.0. The molecule has 2 rings (SSSR count). The summed E-state index contributed by atoms with van der Waals surface area (Å²) in [6.07, 6.45) is 1.19. The van der Waals surface area contributed by atoms with Gasteiger partial charge >= 0.3 is 0 Å². The molecule has 1 aliphatic rings. The number of rotatable bonds is 6. The fraction of sp³-hybridized carbons (Fsp3) is 0.647. The first-order valence-electron chi connectivity index (χ1n) is 8.05. The van der Waals surface area contributed by atoms with E-state index in [0.29, 0.717) is 12.6 Å². The molecule has 1 saturated heterocycles. The zero-order chi connectivity index (χ0) is 15.2. The molecule has 0 bridgehead atoms. The number of ether oxygens (including phenoxy) is 1. The van der Waals surface area contributed by atoms with Gasteiger partial charge in [0.2, 0.25) is 0 Å². The number of hydrogen-bond acceptors (Lipinski definition) is 4. The molecule has 2 atom stereocenters. The van der Waals surface area contributed by atoms with Crippen molar-refractivity contribution in [3.8, 4) is 5.75 Å². The third-order valence-corrected chi connectivity index (χ3v) is 4.41. The summed E-state index contributed by atoms with van der Waals surface area (Å²) in [5, 5.41) is 0. The third kappa shape index (κ3) is 4.19. The number of benzene rings is 1. The first kappa shape index (κ1) is 16.3. The van der Waals surface area contributed by atoms with Gasteiger partial charge in [-0.1, -0.05) is 25.1 Å². The molecule has 1 aliphatic heterocycles. The van der Waals surface area contributed by atoms with Crippen LogP contribution in [0.2, 0.25) is 0 Å². The number of nitrogens with two attached hydrogens (primary N) is 1. The zero-order valence-corrected chi connectivity index (χ0v) is 13.6. The summed E-state index contributed by atoms with van der Waals surface area (Å²) < 4.78 is 5.70. The van der Waals surface area contributed by atoms with Gasteiger partial charge in [0, 0.05) is 43.8 Å². The first-order valence-corrected chi connectivity index (χ1v) is 8.05. The van der Waals surface area contributed by atoms with E-state index < -0.39 is 0 Å². The van der Waals surface area contributed by atoms with Gasteiger partial charge in [-0.3, -0.25) is 4.90 Å². The molecule has 2 N–H and O–H groups in total. The highest BCUT2D eigenvalue weighted by Gasteiger charge is 2.24. The Kier molecular flexibility index (Phi) is 6.03. The summed E-state index contributed by atoms with van der Waals surface area (Å²) in [5.74, 6) is 0.925. The van der Waals surface area contributed by atoms with Crippen molar-refractivity contribution in [3.63, 3.8) is 0 Å². The normalized spacial score (nSPS) is 22.2. The van der Waals surface area contributed by atoms with Crippen molar-refractivity contribution in [3.05, 3.63) is 29.8 Å². The van der Waals surface area contributed by atoms with Crippen molar-refractivity contribution in [2.75, 3.05) is 39.8 Å². The number of piperazine rings is 1. The predicted molar refractivity (Wildman–Crippen MR) is 87.7 cm³/mol. The van der Waals surface area contributed by atoms with Crippen molar-refractivity contribution >= 4 is 0 Å². The molecule has 0 aromatic heterocycles. The molecule has 0 amide bonds. The van der Waals surface area contributed by atoms with Gasteiger partial charge in [0.15, 0.2) is 0 Å². The van der Waals surface area contributed by atoms with E-state index in [2.05, 4.69) is 29.8 Å². The monoisotopic (exact) mass is 291 g/mol. The maximum Gasteiger partial charge on any atom is 0.124 e. The largest absolute Gasteiger partial charge is 0.494 e. The molecule has 1 aromatic rings. The van der Waals surface area contributed by atoms with E-state index in [1.807, 2.05) is 25.1 Å². The van der Waals surface area contributed by atoms with E-state index in [1.54, 1.807) is 0 Å². The molecule has 0 spiro atoms. The topological polar surface area (TPSA) is 41.7 Å². The second-order valence-electron chi connectivity index (χ2n) is 5.88. The molecular weight excluding hydrogens is 262 g/mol. The van der Waals surface area contributed by atoms with Crippen LogP contribution in [0.1, 0.15) is 31.9 Å². The Bertz CT molecular complexity index is 438. The van der Waals surface area contributed by atoms with Gasteiger partial charge in [-0.2, -0.15) is 0 Å². The van der Waals surface area contributed by atoms with Crippen molar-refractivity contribution in [2.45, 2.75) is 32.4 Å². The smallest absolute Gasteiger partial charge is 0.124 e. The van der Waals surface area contributed by atoms with E-state index in [1.165, 1.54) is 6.42 Å². The fourth-order valence-corrected chi connectivity index (χ4v) is 3.07. The van der Waals surface area contributed by atoms with Crippen molar-refractivity contribution in [2.24, 2.45) is 5.73 Å². The summed E-state index contributed by atoms with van der Waals surface area (Å²) in [6.45, 7) is 9.17. The average Bonchev–Trinajstić information content (AvgIpc) is 2.50. The Labute approximate surface area is 128 Å². The summed E-state index contributed by atoms with van der Waals surface area (Å²) in [6, 6.07) is 8.79. The number of likely N-dealkylation sites (N-methyl/N-ethyl adjacent to an activating group) is 1. The van der Waals surface area contributed by atoms with Gasteiger partial charge in [0.25, 0.3) is 0 Å². The Hall–Kier alpha value is -1.10. The molecule has 1 heterocycles. The van der Waals surface area contributed by atoms with E-state index >= 15 is 0 Å². The standard InChI is InChI=1S/C17H29N3O/c1-4-14-12-20(11-10-19(14)3)13-16(18)15-8-6-7-9-17(15)21-5-2/h6-9,14,16H,4-5,10-13,18H2,1-3H3. The van der Waals surface area contributed by atoms with Crippen molar-refractivity contribution in [1.29, 1.82) is 0 Å². The second kappa shape index (κ2) is 7.78. The minimum atomic E-state index is 0.00802. The molecule has 0 radical (unpaired) electrons. The van der Waals surface area contributed by atoms with Crippen LogP contribution in [0.4, 0.5) is 0 Å². The van der Waals surface area contributed by atoms with Crippen LogP contribution >= 0.6 is 0 Å². The van der Waals surface area contributed by atoms with Crippen LogP contribution in [0.5, 0.6) is 5.75 Å². The molecule has 0 saturated carbocycles. The molecule has 1 fully saturated rings. The fourth-order valence-electron chi connectivity index (χ4n) is 3.07. The zero-order valence-electron chi connectivity index (χ0n) is 13.6. The lowest BCUT2D eigenvalue weighted by Gasteiger charge is -2.40. The van der Waals surface area contributed by atoms with Gasteiger partial charge in [0.05, 0.1) is 6.61 Å². The second-order valence-corrected chi connectivity index (χ2v) is 5.88. The third-order valence-electron chi connectivity index (χ3n) is 4.41. The van der Waals surface area contributed by atoms with Gasteiger partial charge in [-0.15, -0.1) is 0 Å². The maximum atomic E-state index is 6.44. The Morgan fingerprint density at radius 2 is 2.05 bits per heavy atom. The van der Waals surface area contributed by atoms with Crippen molar-refractivity contribution in [1.82, 2.24) is 9.80 Å². The molecule has 4 heteroatoms. The minimum absolute atomic E-state index is 0.00802. The highest BCUT2D eigenvalue weighted by Crippen LogP contribution is 2.25. The molecule has 0 aliphatic carbocycles. The van der Waals surface area contributed by atoms with Gasteiger partial charge in [0.1, 0.15) is 5.75 Å². The van der Waals surface area contributed by atoms with Gasteiger partial charge in [-0.05, 0) is 26.5 Å². The Morgan fingerprint density at radius 1 is 1.29 bits per heavy atom. The number of hydrogen-bond donors (Lipinski definition) is 1. The van der Waals surface area contributed by atoms with Gasteiger partial charge in [-0.25, -0.2) is 0 Å². The number of nitrogens with zero attached hydrogens (tertiary/aromatic N) is 2. The Morgan fingerprint density at radius 3 is 2.76 bits per heavy atom. The average molecular weight is 291 g/mol. The van der Waals surface area contributed by atoms with E-state index in [-0.39, 0.29) is 6.04 Å². The van der Waals surface area contributed by atoms with Crippen LogP contribution in [-0.4, -0.2) is 55.7 Å². The highest BCUT2D eigenvalue weighted by atomic mass is 16.5. The highest BCUT2D eigenvalue weighted by molar-refractivity contribution is 5.36. The summed E-state index contributed by atoms with van der Waals surface area (Å²) in [7, 11) is 2.22. The van der Waals surface area contributed by atoms with Crippen molar-refractivity contribution < 1.29 is 4.74 Å². The van der Waals surface area contributed by atoms with Crippen LogP contribution in [0.3, 0.4) is 0 Å². The van der Waals surface area contributed by atoms with E-state index in [4.69, 9.17) is 10.5 Å². The lowest BCUT2D eigenvalue weighted by molar-refractivity contribution is 0.0888. The van der Waals surface area contributed by atoms with E-state index in [0.717, 1.165) is 37.5 Å². The minimum Gasteiger partial charge on any atom is -0.494 e. The van der Waals surface area contributed by atoms with Crippen LogP contribution in [0, 0.1) is 0 Å². The number of para-hydroxylation sites is 1. The molecule has 1 aromatic carbocycles. The molecular formula is C17H29N3O. The quantitative estimate of drug-likeness (QED) is 0.871. The first-order chi connectivity index (χ1) is 10.2. The van der Waals surface area contributed by atoms with Crippen LogP contribution < -0.4 is 10.5 Å². The summed E-state index contributed by atoms with van der Waals surface area (Å²) in [5.41, 5.74) is 7.56. The summed E-state index contributed by atoms with van der Waals surface area (Å²) in [4.78, 5) is 4.94. The predicted octanol–water partition coefficient (Wildman–Crippen LogP) is 2.11. The molecule has 4 nitrogen and oxygen atoms in total. The van der Waals surface area contributed by atoms with Crippen LogP contribution in [-0.2, 0) is 0 Å². The Balaban J connectivity index is 1.99. The van der Waals surface area contributed by atoms with Gasteiger partial charge < -0.3 is 15.4 Å². The van der Waals surface area contributed by atoms with Crippen LogP contribution in [0.15, 0.2) is 24.3 Å². The lowest BCUT2D eigenvalue weighted by Crippen LogP contribution is -2.52. The van der Waals surface area contributed by atoms with Crippen LogP contribution in [0.25, 0.3) is 0 Å². The van der Waals surface area contributed by atoms with E-state index in [9.17, 15) is 0 Å². The SMILES string of the molecule is CCOc1ccccc1C(N)CN1CCN(C)C(CC)C1. The maximum absolute atomic E-state index is 6.44. The molecule has 21 heavy (non-hydrogen) atoms. The molecule has 2 unspecified atom stereocenters. The molecule has 118 valence electrons. The summed E-state index contributed by atoms with van der Waals surface area (Å²) >= 11 is 0.